The molecule has 1 saturated heterocycles. The number of carbonyl (C=O) groups is 1. The van der Waals surface area contributed by atoms with E-state index in [-0.39, 0.29) is 17.3 Å². The number of hydrogen-bond donors (Lipinski definition) is 2. The van der Waals surface area contributed by atoms with Gasteiger partial charge in [-0.25, -0.2) is 0 Å². The van der Waals surface area contributed by atoms with Crippen molar-refractivity contribution in [2.45, 2.75) is 52.1 Å². The summed E-state index contributed by atoms with van der Waals surface area (Å²) >= 11 is 0. The summed E-state index contributed by atoms with van der Waals surface area (Å²) in [7, 11) is 0. The van der Waals surface area contributed by atoms with Gasteiger partial charge in [0.25, 0.3) is 0 Å². The molecule has 5 heteroatoms. The van der Waals surface area contributed by atoms with E-state index in [1.54, 1.807) is 0 Å². The van der Waals surface area contributed by atoms with Crippen LogP contribution in [0, 0.1) is 12.8 Å². The molecule has 1 aromatic carbocycles. The summed E-state index contributed by atoms with van der Waals surface area (Å²) in [5, 5.41) is 10.9. The molecule has 2 N–H and O–H groups in total. The second kappa shape index (κ2) is 7.23. The number of aromatic nitrogens is 1. The summed E-state index contributed by atoms with van der Waals surface area (Å²) in [5.41, 5.74) is 1.58. The summed E-state index contributed by atoms with van der Waals surface area (Å²) in [4.78, 5) is 30.5. The number of aliphatic hydroxyl groups is 1. The summed E-state index contributed by atoms with van der Waals surface area (Å²) in [6, 6.07) is 7.46. The molecular weight excluding hydrogens is 328 g/mol. The number of amides is 1. The minimum atomic E-state index is -0.773. The minimum Gasteiger partial charge on any atom is -0.390 e. The number of para-hydroxylation sites is 1. The molecule has 2 aromatic rings. The van der Waals surface area contributed by atoms with Crippen LogP contribution >= 0.6 is 0 Å². The van der Waals surface area contributed by atoms with Crippen LogP contribution in [-0.2, 0) is 11.2 Å². The SMILES string of the molecule is Cc1[nH]c2ccccc2c(=O)c1CCC(=O)N1CCC[C@@H](C(C)(C)O)C1. The molecule has 1 aliphatic rings. The number of nitrogens with one attached hydrogen (secondary N) is 1. The molecule has 0 spiro atoms. The first-order valence-electron chi connectivity index (χ1n) is 9.38. The number of H-pyrrole nitrogens is 1. The monoisotopic (exact) mass is 356 g/mol. The van der Waals surface area contributed by atoms with Crippen LogP contribution in [0.15, 0.2) is 29.1 Å². The summed E-state index contributed by atoms with van der Waals surface area (Å²) in [6.45, 7) is 6.83. The maximum Gasteiger partial charge on any atom is 0.222 e. The average Bonchev–Trinajstić information content (AvgIpc) is 2.60. The van der Waals surface area contributed by atoms with Gasteiger partial charge in [-0.1, -0.05) is 12.1 Å². The quantitative estimate of drug-likeness (QED) is 0.885. The second-order valence-corrected chi connectivity index (χ2v) is 7.94. The summed E-state index contributed by atoms with van der Waals surface area (Å²) in [5.74, 6) is 0.164. The van der Waals surface area contributed by atoms with Crippen LogP contribution < -0.4 is 5.43 Å². The van der Waals surface area contributed by atoms with Gasteiger partial charge in [0.1, 0.15) is 0 Å². The number of carbonyl (C=O) groups excluding carboxylic acids is 1. The zero-order valence-corrected chi connectivity index (χ0v) is 15.8. The van der Waals surface area contributed by atoms with Gasteiger partial charge in [-0.15, -0.1) is 0 Å². The van der Waals surface area contributed by atoms with Crippen molar-refractivity contribution in [1.29, 1.82) is 0 Å². The van der Waals surface area contributed by atoms with Gasteiger partial charge in [0.15, 0.2) is 5.43 Å². The molecule has 26 heavy (non-hydrogen) atoms. The number of nitrogens with zero attached hydrogens (tertiary/aromatic N) is 1. The van der Waals surface area contributed by atoms with Gasteiger partial charge in [0.2, 0.25) is 5.91 Å². The van der Waals surface area contributed by atoms with Crippen LogP contribution in [0.25, 0.3) is 10.9 Å². The highest BCUT2D eigenvalue weighted by Crippen LogP contribution is 2.27. The number of rotatable bonds is 4. The Balaban J connectivity index is 1.72. The molecule has 0 saturated carbocycles. The first-order chi connectivity index (χ1) is 12.3. The highest BCUT2D eigenvalue weighted by atomic mass is 16.3. The lowest BCUT2D eigenvalue weighted by atomic mass is 9.84. The highest BCUT2D eigenvalue weighted by Gasteiger charge is 2.32. The summed E-state index contributed by atoms with van der Waals surface area (Å²) < 4.78 is 0. The molecule has 5 nitrogen and oxygen atoms in total. The molecule has 1 atom stereocenters. The van der Waals surface area contributed by atoms with Gasteiger partial charge < -0.3 is 15.0 Å². The Labute approximate surface area is 154 Å². The lowest BCUT2D eigenvalue weighted by molar-refractivity contribution is -0.135. The van der Waals surface area contributed by atoms with Gasteiger partial charge in [-0.3, -0.25) is 9.59 Å². The van der Waals surface area contributed by atoms with Crippen LogP contribution in [0.1, 0.15) is 44.4 Å². The Morgan fingerprint density at radius 1 is 1.35 bits per heavy atom. The molecule has 3 rings (SSSR count). The Kier molecular flexibility index (Phi) is 5.19. The lowest BCUT2D eigenvalue weighted by Crippen LogP contribution is -2.47. The smallest absolute Gasteiger partial charge is 0.222 e. The van der Waals surface area contributed by atoms with Crippen molar-refractivity contribution in [3.8, 4) is 0 Å². The third-order valence-electron chi connectivity index (χ3n) is 5.58. The molecule has 1 amide bonds. The predicted octanol–water partition coefficient (Wildman–Crippen LogP) is 2.78. The van der Waals surface area contributed by atoms with Crippen LogP contribution in [-0.4, -0.2) is 39.6 Å². The van der Waals surface area contributed by atoms with Crippen LogP contribution in [0.2, 0.25) is 0 Å². The van der Waals surface area contributed by atoms with Crippen LogP contribution in [0.4, 0.5) is 0 Å². The molecule has 140 valence electrons. The van der Waals surface area contributed by atoms with Crippen molar-refractivity contribution in [1.82, 2.24) is 9.88 Å². The molecule has 0 unspecified atom stereocenters. The maximum absolute atomic E-state index is 12.7. The first kappa shape index (κ1) is 18.6. The van der Waals surface area contributed by atoms with E-state index in [0.717, 1.165) is 30.6 Å². The van der Waals surface area contributed by atoms with E-state index in [0.29, 0.717) is 30.3 Å². The fourth-order valence-electron chi connectivity index (χ4n) is 3.87. The number of aromatic amines is 1. The van der Waals surface area contributed by atoms with Crippen molar-refractivity contribution >= 4 is 16.8 Å². The zero-order valence-electron chi connectivity index (χ0n) is 15.8. The second-order valence-electron chi connectivity index (χ2n) is 7.94. The third-order valence-corrected chi connectivity index (χ3v) is 5.58. The zero-order chi connectivity index (χ0) is 18.9. The highest BCUT2D eigenvalue weighted by molar-refractivity contribution is 5.80. The maximum atomic E-state index is 12.7. The van der Waals surface area contributed by atoms with Gasteiger partial charge in [0.05, 0.1) is 5.60 Å². The number of piperidine rings is 1. The van der Waals surface area contributed by atoms with Crippen LogP contribution in [0.5, 0.6) is 0 Å². The number of hydrogen-bond acceptors (Lipinski definition) is 3. The number of aryl methyl sites for hydroxylation is 1. The minimum absolute atomic E-state index is 0.0117. The normalized spacial score (nSPS) is 18.3. The Hall–Kier alpha value is -2.14. The van der Waals surface area contributed by atoms with Crippen molar-refractivity contribution in [3.63, 3.8) is 0 Å². The Bertz CT molecular complexity index is 864. The van der Waals surface area contributed by atoms with Crippen molar-refractivity contribution in [3.05, 3.63) is 45.7 Å². The van der Waals surface area contributed by atoms with E-state index < -0.39 is 5.60 Å². The molecule has 1 aromatic heterocycles. The van der Waals surface area contributed by atoms with Crippen molar-refractivity contribution in [2.75, 3.05) is 13.1 Å². The summed E-state index contributed by atoms with van der Waals surface area (Å²) in [6.07, 6.45) is 2.61. The van der Waals surface area contributed by atoms with E-state index in [1.807, 2.05) is 49.9 Å². The number of likely N-dealkylation sites (tertiary alicyclic amines) is 1. The van der Waals surface area contributed by atoms with E-state index >= 15 is 0 Å². The third kappa shape index (κ3) is 3.83. The van der Waals surface area contributed by atoms with E-state index in [1.165, 1.54) is 0 Å². The van der Waals surface area contributed by atoms with E-state index in [4.69, 9.17) is 0 Å². The van der Waals surface area contributed by atoms with Crippen molar-refractivity contribution in [2.24, 2.45) is 5.92 Å². The molecule has 0 radical (unpaired) electrons. The Morgan fingerprint density at radius 3 is 2.81 bits per heavy atom. The first-order valence-corrected chi connectivity index (χ1v) is 9.38. The molecule has 2 heterocycles. The topological polar surface area (TPSA) is 73.4 Å². The van der Waals surface area contributed by atoms with Gasteiger partial charge in [0, 0.05) is 47.6 Å². The van der Waals surface area contributed by atoms with Crippen LogP contribution in [0.3, 0.4) is 0 Å². The van der Waals surface area contributed by atoms with Gasteiger partial charge in [-0.2, -0.15) is 0 Å². The van der Waals surface area contributed by atoms with Crippen molar-refractivity contribution < 1.29 is 9.90 Å². The molecule has 0 aliphatic carbocycles. The standard InChI is InChI=1S/C21H28N2O3/c1-14-16(20(25)17-8-4-5-9-18(17)22-14)10-11-19(24)23-12-6-7-15(13-23)21(2,3)26/h4-5,8-9,15,26H,6-7,10-13H2,1-3H3,(H,22,25)/t15-/m1/s1. The number of pyridine rings is 1. The lowest BCUT2D eigenvalue weighted by Gasteiger charge is -2.38. The van der Waals surface area contributed by atoms with E-state index in [9.17, 15) is 14.7 Å². The van der Waals surface area contributed by atoms with Gasteiger partial charge in [-0.05, 0) is 52.2 Å². The predicted molar refractivity (Wildman–Crippen MR) is 103 cm³/mol. The largest absolute Gasteiger partial charge is 0.390 e. The van der Waals surface area contributed by atoms with E-state index in [2.05, 4.69) is 4.98 Å². The number of fused-ring (bicyclic) bond motifs is 1. The Morgan fingerprint density at radius 2 is 2.08 bits per heavy atom. The fourth-order valence-corrected chi connectivity index (χ4v) is 3.87. The molecule has 1 aliphatic heterocycles. The van der Waals surface area contributed by atoms with Gasteiger partial charge >= 0.3 is 0 Å². The molecular formula is C21H28N2O3. The molecule has 1 fully saturated rings. The molecule has 0 bridgehead atoms. The average molecular weight is 356 g/mol. The fraction of sp³-hybridized carbons (Fsp3) is 0.524. The number of benzene rings is 1.